The number of aliphatic carboxylic acids is 1. The van der Waals surface area contributed by atoms with Gasteiger partial charge in [-0.15, -0.1) is 0 Å². The molecule has 0 fully saturated rings. The van der Waals surface area contributed by atoms with Crippen molar-refractivity contribution >= 4 is 16.4 Å². The molecule has 7 nitrogen and oxygen atoms in total. The van der Waals surface area contributed by atoms with Gasteiger partial charge < -0.3 is 10.8 Å². The average molecular weight is 277 g/mol. The van der Waals surface area contributed by atoms with Crippen molar-refractivity contribution in [3.63, 3.8) is 0 Å². The molecule has 0 aliphatic carbocycles. The summed E-state index contributed by atoms with van der Waals surface area (Å²) in [4.78, 5) is 10.4. The van der Waals surface area contributed by atoms with Gasteiger partial charge in [-0.25, -0.2) is 0 Å². The van der Waals surface area contributed by atoms with Crippen LogP contribution in [0.15, 0.2) is 30.3 Å². The molecule has 0 heterocycles. The number of hydrogen-bond acceptors (Lipinski definition) is 5. The maximum absolute atomic E-state index is 10.4. The Morgan fingerprint density at radius 3 is 2.17 bits per heavy atom. The summed E-state index contributed by atoms with van der Waals surface area (Å²) in [6.45, 7) is 0. The second-order valence-corrected chi connectivity index (χ2v) is 4.42. The zero-order chi connectivity index (χ0) is 14.2. The summed E-state index contributed by atoms with van der Waals surface area (Å²) in [7, 11) is -3.29. The molecule has 8 heteroatoms. The smallest absolute Gasteiger partial charge is 0.397 e. The summed E-state index contributed by atoms with van der Waals surface area (Å²) in [6, 6.07) is 8.54. The molecule has 18 heavy (non-hydrogen) atoms. The summed E-state index contributed by atoms with van der Waals surface area (Å²) in [6.07, 6.45) is 0.385. The van der Waals surface area contributed by atoms with E-state index in [4.69, 9.17) is 15.4 Å². The lowest BCUT2D eigenvalue weighted by atomic mass is 10.1. The number of nitrogens with two attached hydrogens (primary N) is 1. The van der Waals surface area contributed by atoms with Gasteiger partial charge in [-0.3, -0.25) is 13.5 Å². The van der Waals surface area contributed by atoms with Gasteiger partial charge in [0, 0.05) is 0 Å². The zero-order valence-corrected chi connectivity index (χ0v) is 10.5. The van der Waals surface area contributed by atoms with Gasteiger partial charge in [-0.2, -0.15) is 8.42 Å². The molecule has 0 amide bonds. The Balaban J connectivity index is 0.000000411. The van der Waals surface area contributed by atoms with Crippen molar-refractivity contribution in [1.82, 2.24) is 0 Å². The third-order valence-electron chi connectivity index (χ3n) is 1.83. The van der Waals surface area contributed by atoms with Gasteiger partial charge in [0.25, 0.3) is 0 Å². The SMILES string of the molecule is COS(=O)(=O)O.N[C@H](Cc1ccccc1)C(=O)O. The second-order valence-electron chi connectivity index (χ2n) is 3.23. The van der Waals surface area contributed by atoms with E-state index in [0.29, 0.717) is 6.42 Å². The van der Waals surface area contributed by atoms with E-state index >= 15 is 0 Å². The number of carboxylic acid groups (broad SMARTS) is 1. The predicted molar refractivity (Wildman–Crippen MR) is 64.3 cm³/mol. The molecule has 0 aromatic heterocycles. The summed E-state index contributed by atoms with van der Waals surface area (Å²) >= 11 is 0. The van der Waals surface area contributed by atoms with E-state index in [-0.39, 0.29) is 0 Å². The highest BCUT2D eigenvalue weighted by atomic mass is 32.3. The lowest BCUT2D eigenvalue weighted by Crippen LogP contribution is -2.32. The van der Waals surface area contributed by atoms with Crippen LogP contribution in [0.2, 0.25) is 0 Å². The lowest BCUT2D eigenvalue weighted by molar-refractivity contribution is -0.138. The summed E-state index contributed by atoms with van der Waals surface area (Å²) in [5.41, 5.74) is 6.30. The monoisotopic (exact) mass is 277 g/mol. The Morgan fingerprint density at radius 2 is 1.83 bits per heavy atom. The highest BCUT2D eigenvalue weighted by Gasteiger charge is 2.10. The molecule has 0 aliphatic heterocycles. The number of carboxylic acids is 1. The van der Waals surface area contributed by atoms with Crippen LogP contribution in [0.5, 0.6) is 0 Å². The summed E-state index contributed by atoms with van der Waals surface area (Å²) in [5.74, 6) is -0.959. The van der Waals surface area contributed by atoms with Crippen LogP contribution in [0.25, 0.3) is 0 Å². The van der Waals surface area contributed by atoms with Gasteiger partial charge in [0.15, 0.2) is 0 Å². The highest BCUT2D eigenvalue weighted by molar-refractivity contribution is 7.80. The molecule has 0 saturated carbocycles. The molecule has 0 radical (unpaired) electrons. The first-order chi connectivity index (χ1) is 8.26. The predicted octanol–water partition coefficient (Wildman–Crippen LogP) is 0.0766. The van der Waals surface area contributed by atoms with Crippen molar-refractivity contribution in [3.8, 4) is 0 Å². The normalized spacial score (nSPS) is 12.2. The van der Waals surface area contributed by atoms with E-state index in [9.17, 15) is 13.2 Å². The van der Waals surface area contributed by atoms with Gasteiger partial charge >= 0.3 is 16.4 Å². The van der Waals surface area contributed by atoms with Gasteiger partial charge in [0.2, 0.25) is 0 Å². The molecular weight excluding hydrogens is 262 g/mol. The highest BCUT2D eigenvalue weighted by Crippen LogP contribution is 2.01. The molecule has 1 aromatic carbocycles. The number of carbonyl (C=O) groups is 1. The van der Waals surface area contributed by atoms with Crippen LogP contribution in [-0.4, -0.2) is 37.2 Å². The molecule has 1 rings (SSSR count). The second kappa shape index (κ2) is 7.77. The maximum atomic E-state index is 10.4. The first-order valence-corrected chi connectivity index (χ1v) is 6.18. The summed E-state index contributed by atoms with van der Waals surface area (Å²) < 4.78 is 29.7. The van der Waals surface area contributed by atoms with Crippen LogP contribution >= 0.6 is 0 Å². The molecule has 0 aliphatic rings. The van der Waals surface area contributed by atoms with Crippen LogP contribution in [0.3, 0.4) is 0 Å². The van der Waals surface area contributed by atoms with Crippen LogP contribution in [0.4, 0.5) is 0 Å². The van der Waals surface area contributed by atoms with E-state index in [1.807, 2.05) is 30.3 Å². The van der Waals surface area contributed by atoms with Gasteiger partial charge in [0.1, 0.15) is 6.04 Å². The third kappa shape index (κ3) is 8.65. The van der Waals surface area contributed by atoms with E-state index in [1.165, 1.54) is 0 Å². The van der Waals surface area contributed by atoms with Crippen LogP contribution in [-0.2, 0) is 25.8 Å². The molecule has 1 aromatic rings. The molecule has 102 valence electrons. The number of benzene rings is 1. The van der Waals surface area contributed by atoms with Crippen molar-refractivity contribution in [2.45, 2.75) is 12.5 Å². The molecule has 0 unspecified atom stereocenters. The van der Waals surface area contributed by atoms with Crippen molar-refractivity contribution in [1.29, 1.82) is 0 Å². The Morgan fingerprint density at radius 1 is 1.39 bits per heavy atom. The quantitative estimate of drug-likeness (QED) is 0.665. The largest absolute Gasteiger partial charge is 0.480 e. The third-order valence-corrected chi connectivity index (χ3v) is 2.25. The van der Waals surface area contributed by atoms with Crippen LogP contribution < -0.4 is 5.73 Å². The van der Waals surface area contributed by atoms with E-state index in [2.05, 4.69) is 4.18 Å². The minimum atomic E-state index is -4.16. The number of rotatable bonds is 4. The Hall–Kier alpha value is -1.48. The van der Waals surface area contributed by atoms with Crippen molar-refractivity contribution in [2.24, 2.45) is 5.73 Å². The fourth-order valence-corrected chi connectivity index (χ4v) is 0.955. The molecule has 4 N–H and O–H groups in total. The minimum Gasteiger partial charge on any atom is -0.480 e. The Bertz CT molecular complexity index is 459. The van der Waals surface area contributed by atoms with E-state index in [0.717, 1.165) is 12.7 Å². The lowest BCUT2D eigenvalue weighted by Gasteiger charge is -2.04. The fraction of sp³-hybridized carbons (Fsp3) is 0.300. The van der Waals surface area contributed by atoms with Gasteiger partial charge in [-0.1, -0.05) is 30.3 Å². The van der Waals surface area contributed by atoms with Gasteiger partial charge in [-0.05, 0) is 12.0 Å². The van der Waals surface area contributed by atoms with Gasteiger partial charge in [0.05, 0.1) is 7.11 Å². The standard InChI is InChI=1S/C9H11NO2.CH4O4S/c10-8(9(11)12)6-7-4-2-1-3-5-7;1-5-6(2,3)4/h1-5,8H,6,10H2,(H,11,12);1H3,(H,2,3,4)/t8-;/m1./s1. The molecule has 0 bridgehead atoms. The number of hydrogen-bond donors (Lipinski definition) is 3. The molecule has 0 spiro atoms. The molecular formula is C10H15NO6S. The fourth-order valence-electron chi connectivity index (χ4n) is 0.955. The van der Waals surface area contributed by atoms with E-state index < -0.39 is 22.4 Å². The van der Waals surface area contributed by atoms with Crippen molar-refractivity contribution in [2.75, 3.05) is 7.11 Å². The zero-order valence-electron chi connectivity index (χ0n) is 9.68. The van der Waals surface area contributed by atoms with Crippen LogP contribution in [0, 0.1) is 0 Å². The van der Waals surface area contributed by atoms with Crippen molar-refractivity contribution < 1.29 is 27.1 Å². The van der Waals surface area contributed by atoms with Crippen LogP contribution in [0.1, 0.15) is 5.56 Å². The maximum Gasteiger partial charge on any atom is 0.397 e. The molecule has 0 saturated heterocycles. The van der Waals surface area contributed by atoms with Crippen molar-refractivity contribution in [3.05, 3.63) is 35.9 Å². The molecule has 1 atom stereocenters. The Kier molecular flexibility index (Phi) is 7.13. The first kappa shape index (κ1) is 16.5. The summed E-state index contributed by atoms with van der Waals surface area (Å²) in [5, 5.41) is 8.52. The van der Waals surface area contributed by atoms with E-state index in [1.54, 1.807) is 0 Å². The first-order valence-electron chi connectivity index (χ1n) is 4.81. The minimum absolute atomic E-state index is 0.385. The topological polar surface area (TPSA) is 127 Å². The average Bonchev–Trinajstić information content (AvgIpc) is 2.30. The Labute approximate surface area is 105 Å².